The largest absolute Gasteiger partial charge is 0.392 e. The molecule has 94 valence electrons. The second-order valence-electron chi connectivity index (χ2n) is 6.04. The van der Waals surface area contributed by atoms with Crippen molar-refractivity contribution in [2.24, 2.45) is 17.3 Å². The minimum absolute atomic E-state index is 0.0438. The number of hydrogen-bond donors (Lipinski definition) is 1. The highest BCUT2D eigenvalue weighted by Gasteiger charge is 2.50. The van der Waals surface area contributed by atoms with Crippen LogP contribution in [0.4, 0.5) is 0 Å². The molecule has 0 aliphatic heterocycles. The van der Waals surface area contributed by atoms with Crippen LogP contribution in [0.1, 0.15) is 39.5 Å². The summed E-state index contributed by atoms with van der Waals surface area (Å²) in [6, 6.07) is 0. The van der Waals surface area contributed by atoms with Crippen molar-refractivity contribution in [2.75, 3.05) is 0 Å². The quantitative estimate of drug-likeness (QED) is 0.559. The topological polar surface area (TPSA) is 37.3 Å². The van der Waals surface area contributed by atoms with Crippen molar-refractivity contribution < 1.29 is 9.90 Å². The molecule has 0 saturated heterocycles. The van der Waals surface area contributed by atoms with Crippen LogP contribution in [0, 0.1) is 17.3 Å². The molecule has 0 amide bonds. The number of fused-ring (bicyclic) bond motifs is 1. The molecule has 0 spiro atoms. The first kappa shape index (κ1) is 12.6. The fourth-order valence-corrected chi connectivity index (χ4v) is 3.45. The number of carbonyl (C=O) groups excluding carboxylic acids is 1. The number of Topliss-reactive ketones (excluding diaryl/α,β-unsaturated/α-hetero) is 1. The maximum absolute atomic E-state index is 11.8. The molecule has 0 unspecified atom stereocenters. The Labute approximate surface area is 103 Å². The molecule has 4 atom stereocenters. The highest BCUT2D eigenvalue weighted by Crippen LogP contribution is 2.53. The van der Waals surface area contributed by atoms with Crippen LogP contribution in [0.5, 0.6) is 0 Å². The Kier molecular flexibility index (Phi) is 3.03. The number of ketones is 1. The van der Waals surface area contributed by atoms with E-state index in [9.17, 15) is 9.90 Å². The van der Waals surface area contributed by atoms with Gasteiger partial charge < -0.3 is 5.11 Å². The molecule has 0 radical (unpaired) electrons. The summed E-state index contributed by atoms with van der Waals surface area (Å²) < 4.78 is 0. The zero-order valence-corrected chi connectivity index (χ0v) is 10.8. The van der Waals surface area contributed by atoms with Gasteiger partial charge in [-0.05, 0) is 43.6 Å². The minimum atomic E-state index is -0.503. The van der Waals surface area contributed by atoms with E-state index >= 15 is 0 Å². The summed E-state index contributed by atoms with van der Waals surface area (Å²) >= 11 is 0. The summed E-state index contributed by atoms with van der Waals surface area (Å²) in [5.41, 5.74) is 1.76. The smallest absolute Gasteiger partial charge is 0.161 e. The van der Waals surface area contributed by atoms with Crippen molar-refractivity contribution in [2.45, 2.75) is 45.6 Å². The van der Waals surface area contributed by atoms with Crippen LogP contribution >= 0.6 is 0 Å². The first-order chi connectivity index (χ1) is 7.86. The van der Waals surface area contributed by atoms with E-state index in [1.807, 2.05) is 0 Å². The standard InChI is InChI=1S/C15H22O2/c1-9(2)11-5-6-15(4)12(7-11)10(3)13(16)8-14(15)17/h11-12,14,17H,1,3,5-8H2,2,4H3/t11-,12+,14-,15-/m1/s1. The van der Waals surface area contributed by atoms with E-state index in [4.69, 9.17) is 0 Å². The van der Waals surface area contributed by atoms with Gasteiger partial charge in [-0.15, -0.1) is 0 Å². The van der Waals surface area contributed by atoms with Crippen molar-refractivity contribution in [3.63, 3.8) is 0 Å². The van der Waals surface area contributed by atoms with Crippen molar-refractivity contribution >= 4 is 5.78 Å². The van der Waals surface area contributed by atoms with E-state index < -0.39 is 6.10 Å². The maximum Gasteiger partial charge on any atom is 0.161 e. The Hall–Kier alpha value is -0.890. The first-order valence-corrected chi connectivity index (χ1v) is 6.41. The molecule has 2 saturated carbocycles. The molecule has 2 nitrogen and oxygen atoms in total. The second-order valence-corrected chi connectivity index (χ2v) is 6.04. The van der Waals surface area contributed by atoms with Gasteiger partial charge in [0.15, 0.2) is 5.78 Å². The monoisotopic (exact) mass is 234 g/mol. The summed E-state index contributed by atoms with van der Waals surface area (Å²) in [5, 5.41) is 10.2. The maximum atomic E-state index is 11.8. The van der Waals surface area contributed by atoms with Crippen LogP contribution in [-0.4, -0.2) is 17.0 Å². The van der Waals surface area contributed by atoms with Gasteiger partial charge in [0.1, 0.15) is 0 Å². The Morgan fingerprint density at radius 1 is 1.53 bits per heavy atom. The molecule has 17 heavy (non-hydrogen) atoms. The average Bonchev–Trinajstić information content (AvgIpc) is 2.26. The third-order valence-electron chi connectivity index (χ3n) is 4.96. The number of aliphatic hydroxyl groups is 1. The molecule has 1 N–H and O–H groups in total. The molecular formula is C15H22O2. The van der Waals surface area contributed by atoms with Crippen molar-refractivity contribution in [3.8, 4) is 0 Å². The summed E-state index contributed by atoms with van der Waals surface area (Å²) in [5.74, 6) is 0.652. The number of aliphatic hydroxyl groups excluding tert-OH is 1. The van der Waals surface area contributed by atoms with Gasteiger partial charge >= 0.3 is 0 Å². The van der Waals surface area contributed by atoms with E-state index in [1.165, 1.54) is 5.57 Å². The van der Waals surface area contributed by atoms with E-state index in [0.717, 1.165) is 24.8 Å². The average molecular weight is 234 g/mol. The van der Waals surface area contributed by atoms with Crippen LogP contribution in [0.25, 0.3) is 0 Å². The van der Waals surface area contributed by atoms with Gasteiger partial charge in [0.2, 0.25) is 0 Å². The molecule has 0 aromatic carbocycles. The highest BCUT2D eigenvalue weighted by atomic mass is 16.3. The molecule has 2 fully saturated rings. The molecule has 0 aromatic rings. The molecular weight excluding hydrogens is 212 g/mol. The Balaban J connectivity index is 2.29. The lowest BCUT2D eigenvalue weighted by molar-refractivity contribution is -0.129. The van der Waals surface area contributed by atoms with E-state index in [2.05, 4.69) is 27.0 Å². The molecule has 0 bridgehead atoms. The number of rotatable bonds is 1. The third-order valence-corrected chi connectivity index (χ3v) is 4.96. The second kappa shape index (κ2) is 4.09. The highest BCUT2D eigenvalue weighted by molar-refractivity contribution is 5.96. The van der Waals surface area contributed by atoms with Gasteiger partial charge in [-0.25, -0.2) is 0 Å². The third kappa shape index (κ3) is 1.89. The molecule has 2 rings (SSSR count). The van der Waals surface area contributed by atoms with Crippen molar-refractivity contribution in [1.82, 2.24) is 0 Å². The summed E-state index contributed by atoms with van der Waals surface area (Å²) in [4.78, 5) is 11.8. The van der Waals surface area contributed by atoms with Crippen LogP contribution in [-0.2, 0) is 4.79 Å². The lowest BCUT2D eigenvalue weighted by atomic mass is 9.55. The normalized spacial score (nSPS) is 42.2. The van der Waals surface area contributed by atoms with Crippen LogP contribution in [0.15, 0.2) is 24.3 Å². The van der Waals surface area contributed by atoms with Crippen molar-refractivity contribution in [1.29, 1.82) is 0 Å². The number of hydrogen-bond acceptors (Lipinski definition) is 2. The van der Waals surface area contributed by atoms with Gasteiger partial charge in [0.25, 0.3) is 0 Å². The Morgan fingerprint density at radius 3 is 2.76 bits per heavy atom. The van der Waals surface area contributed by atoms with Gasteiger partial charge in [-0.1, -0.05) is 25.7 Å². The Bertz CT molecular complexity index is 382. The SMILES string of the molecule is C=C(C)[C@@H]1CC[C@@]2(C)[C@H](O)CC(=O)C(=C)[C@@H]2C1. The lowest BCUT2D eigenvalue weighted by Crippen LogP contribution is -2.50. The number of allylic oxidation sites excluding steroid dienone is 2. The summed E-state index contributed by atoms with van der Waals surface area (Å²) in [6.45, 7) is 12.1. The molecule has 2 aliphatic carbocycles. The van der Waals surface area contributed by atoms with Crippen molar-refractivity contribution in [3.05, 3.63) is 24.3 Å². The van der Waals surface area contributed by atoms with Gasteiger partial charge in [0, 0.05) is 11.8 Å². The fraction of sp³-hybridized carbons (Fsp3) is 0.667. The van der Waals surface area contributed by atoms with Gasteiger partial charge in [-0.3, -0.25) is 4.79 Å². The predicted octanol–water partition coefficient (Wildman–Crippen LogP) is 2.88. The van der Waals surface area contributed by atoms with E-state index in [0.29, 0.717) is 5.92 Å². The molecule has 0 heterocycles. The predicted molar refractivity (Wildman–Crippen MR) is 68.5 cm³/mol. The molecule has 0 aromatic heterocycles. The molecule has 2 heteroatoms. The first-order valence-electron chi connectivity index (χ1n) is 6.41. The Morgan fingerprint density at radius 2 is 2.18 bits per heavy atom. The number of carbonyl (C=O) groups is 1. The minimum Gasteiger partial charge on any atom is -0.392 e. The van der Waals surface area contributed by atoms with E-state index in [-0.39, 0.29) is 23.5 Å². The summed E-state index contributed by atoms with van der Waals surface area (Å²) in [6.07, 6.45) is 2.71. The summed E-state index contributed by atoms with van der Waals surface area (Å²) in [7, 11) is 0. The zero-order chi connectivity index (χ0) is 12.8. The van der Waals surface area contributed by atoms with Crippen LogP contribution in [0.2, 0.25) is 0 Å². The van der Waals surface area contributed by atoms with Gasteiger partial charge in [0.05, 0.1) is 6.10 Å². The van der Waals surface area contributed by atoms with Crippen LogP contribution in [0.3, 0.4) is 0 Å². The fourth-order valence-electron chi connectivity index (χ4n) is 3.45. The lowest BCUT2D eigenvalue weighted by Gasteiger charge is -2.50. The zero-order valence-electron chi connectivity index (χ0n) is 10.8. The molecule has 2 aliphatic rings. The van der Waals surface area contributed by atoms with Gasteiger partial charge in [-0.2, -0.15) is 0 Å². The van der Waals surface area contributed by atoms with E-state index in [1.54, 1.807) is 0 Å². The van der Waals surface area contributed by atoms with Crippen LogP contribution < -0.4 is 0 Å².